The molecule has 5 heteroatoms. The molecule has 3 rings (SSSR count). The molecule has 90 valence electrons. The highest BCUT2D eigenvalue weighted by atomic mass is 16.5. The molecule has 0 saturated carbocycles. The molecule has 1 aromatic carbocycles. The van der Waals surface area contributed by atoms with Gasteiger partial charge in [-0.05, 0) is 31.5 Å². The Balaban J connectivity index is 1.90. The van der Waals surface area contributed by atoms with Gasteiger partial charge in [-0.15, -0.1) is 0 Å². The average Bonchev–Trinajstić information content (AvgIpc) is 3.09. The molecule has 0 spiro atoms. The van der Waals surface area contributed by atoms with Crippen molar-refractivity contribution in [1.29, 1.82) is 5.26 Å². The Labute approximate surface area is 104 Å². The fourth-order valence-corrected chi connectivity index (χ4v) is 2.12. The number of nitriles is 1. The van der Waals surface area contributed by atoms with Gasteiger partial charge in [0.05, 0.1) is 17.7 Å². The lowest BCUT2D eigenvalue weighted by Crippen LogP contribution is -2.12. The highest BCUT2D eigenvalue weighted by Crippen LogP contribution is 2.24. The number of rotatable bonds is 2. The summed E-state index contributed by atoms with van der Waals surface area (Å²) in [5.41, 5.74) is 1.40. The van der Waals surface area contributed by atoms with Crippen LogP contribution in [0.5, 0.6) is 0 Å². The first-order valence-corrected chi connectivity index (χ1v) is 5.94. The zero-order valence-electron chi connectivity index (χ0n) is 9.76. The van der Waals surface area contributed by atoms with Gasteiger partial charge in [0, 0.05) is 5.56 Å². The standard InChI is InChI=1S/C13H12N4O/c14-8-9-3-1-4-10(7-9)12-16-13(18-17-12)11-5-2-6-15-11/h1,3-4,7,11,15H,2,5-6H2/t11-/m0/s1. The molecule has 0 radical (unpaired) electrons. The van der Waals surface area contributed by atoms with Crippen molar-refractivity contribution in [3.05, 3.63) is 35.7 Å². The zero-order valence-corrected chi connectivity index (χ0v) is 9.76. The van der Waals surface area contributed by atoms with Crippen molar-refractivity contribution < 1.29 is 4.52 Å². The minimum absolute atomic E-state index is 0.172. The van der Waals surface area contributed by atoms with Gasteiger partial charge in [-0.2, -0.15) is 10.2 Å². The monoisotopic (exact) mass is 240 g/mol. The van der Waals surface area contributed by atoms with E-state index in [1.54, 1.807) is 12.1 Å². The number of hydrogen-bond acceptors (Lipinski definition) is 5. The highest BCUT2D eigenvalue weighted by Gasteiger charge is 2.22. The van der Waals surface area contributed by atoms with E-state index in [0.29, 0.717) is 17.3 Å². The van der Waals surface area contributed by atoms with Crippen LogP contribution < -0.4 is 5.32 Å². The second-order valence-corrected chi connectivity index (χ2v) is 4.30. The van der Waals surface area contributed by atoms with Crippen molar-refractivity contribution in [2.75, 3.05) is 6.54 Å². The van der Waals surface area contributed by atoms with Crippen LogP contribution in [-0.4, -0.2) is 16.7 Å². The van der Waals surface area contributed by atoms with E-state index in [-0.39, 0.29) is 6.04 Å². The molecule has 2 aromatic rings. The Bertz CT molecular complexity index is 593. The van der Waals surface area contributed by atoms with E-state index in [2.05, 4.69) is 21.5 Å². The van der Waals surface area contributed by atoms with E-state index in [1.165, 1.54) is 0 Å². The summed E-state index contributed by atoms with van der Waals surface area (Å²) in [7, 11) is 0. The van der Waals surface area contributed by atoms with Gasteiger partial charge in [0.25, 0.3) is 0 Å². The summed E-state index contributed by atoms with van der Waals surface area (Å²) in [6.45, 7) is 0.992. The molecule has 18 heavy (non-hydrogen) atoms. The first kappa shape index (κ1) is 10.9. The maximum absolute atomic E-state index is 8.86. The van der Waals surface area contributed by atoms with Gasteiger partial charge in [-0.25, -0.2) is 0 Å². The summed E-state index contributed by atoms with van der Waals surface area (Å²) in [5, 5.41) is 16.1. The Kier molecular flexibility index (Phi) is 2.79. The number of aromatic nitrogens is 2. The molecule has 0 unspecified atom stereocenters. The van der Waals surface area contributed by atoms with E-state index in [4.69, 9.17) is 9.78 Å². The van der Waals surface area contributed by atoms with Gasteiger partial charge in [0.15, 0.2) is 0 Å². The average molecular weight is 240 g/mol. The number of benzene rings is 1. The molecular formula is C13H12N4O. The predicted molar refractivity (Wildman–Crippen MR) is 64.4 cm³/mol. The summed E-state index contributed by atoms with van der Waals surface area (Å²) in [5.74, 6) is 1.17. The van der Waals surface area contributed by atoms with Gasteiger partial charge in [-0.1, -0.05) is 17.3 Å². The van der Waals surface area contributed by atoms with Crippen LogP contribution in [0.3, 0.4) is 0 Å². The van der Waals surface area contributed by atoms with E-state index in [0.717, 1.165) is 24.9 Å². The minimum Gasteiger partial charge on any atom is -0.337 e. The van der Waals surface area contributed by atoms with Gasteiger partial charge in [0.1, 0.15) is 0 Å². The number of nitrogens with one attached hydrogen (secondary N) is 1. The van der Waals surface area contributed by atoms with Crippen molar-refractivity contribution in [2.24, 2.45) is 0 Å². The van der Waals surface area contributed by atoms with Crippen molar-refractivity contribution >= 4 is 0 Å². The molecule has 1 N–H and O–H groups in total. The SMILES string of the molecule is N#Cc1cccc(-c2noc([C@@H]3CCCN3)n2)c1. The van der Waals surface area contributed by atoms with Crippen LogP contribution in [0, 0.1) is 11.3 Å². The van der Waals surface area contributed by atoms with Crippen LogP contribution in [0.15, 0.2) is 28.8 Å². The first-order chi connectivity index (χ1) is 8.86. The summed E-state index contributed by atoms with van der Waals surface area (Å²) < 4.78 is 5.27. The summed E-state index contributed by atoms with van der Waals surface area (Å²) in [6, 6.07) is 9.48. The quantitative estimate of drug-likeness (QED) is 0.869. The fraction of sp³-hybridized carbons (Fsp3) is 0.308. The van der Waals surface area contributed by atoms with Crippen LogP contribution in [-0.2, 0) is 0 Å². The second-order valence-electron chi connectivity index (χ2n) is 4.30. The largest absolute Gasteiger partial charge is 0.337 e. The summed E-state index contributed by atoms with van der Waals surface area (Å²) in [4.78, 5) is 4.39. The third kappa shape index (κ3) is 1.98. The fourth-order valence-electron chi connectivity index (χ4n) is 2.12. The molecule has 0 aliphatic carbocycles. The zero-order chi connectivity index (χ0) is 12.4. The Morgan fingerprint density at radius 3 is 3.17 bits per heavy atom. The Hall–Kier alpha value is -2.19. The Morgan fingerprint density at radius 2 is 2.39 bits per heavy atom. The third-order valence-electron chi connectivity index (χ3n) is 3.05. The molecule has 0 amide bonds. The van der Waals surface area contributed by atoms with Gasteiger partial charge in [-0.3, -0.25) is 0 Å². The van der Waals surface area contributed by atoms with Crippen molar-refractivity contribution in [3.63, 3.8) is 0 Å². The van der Waals surface area contributed by atoms with Crippen LogP contribution in [0.2, 0.25) is 0 Å². The molecule has 1 aliphatic rings. The van der Waals surface area contributed by atoms with Crippen molar-refractivity contribution in [2.45, 2.75) is 18.9 Å². The third-order valence-corrected chi connectivity index (χ3v) is 3.05. The smallest absolute Gasteiger partial charge is 0.244 e. The van der Waals surface area contributed by atoms with Gasteiger partial charge >= 0.3 is 0 Å². The van der Waals surface area contributed by atoms with Crippen LogP contribution >= 0.6 is 0 Å². The normalized spacial score (nSPS) is 18.7. The van der Waals surface area contributed by atoms with Crippen LogP contribution in [0.1, 0.15) is 30.3 Å². The first-order valence-electron chi connectivity index (χ1n) is 5.94. The molecule has 1 saturated heterocycles. The molecule has 0 bridgehead atoms. The lowest BCUT2D eigenvalue weighted by atomic mass is 10.1. The summed E-state index contributed by atoms with van der Waals surface area (Å²) >= 11 is 0. The van der Waals surface area contributed by atoms with Crippen molar-refractivity contribution in [3.8, 4) is 17.5 Å². The van der Waals surface area contributed by atoms with Crippen molar-refractivity contribution in [1.82, 2.24) is 15.5 Å². The van der Waals surface area contributed by atoms with Gasteiger partial charge in [0.2, 0.25) is 11.7 Å². The van der Waals surface area contributed by atoms with E-state index in [1.807, 2.05) is 12.1 Å². The summed E-state index contributed by atoms with van der Waals surface area (Å²) in [6.07, 6.45) is 2.16. The molecule has 5 nitrogen and oxygen atoms in total. The lowest BCUT2D eigenvalue weighted by Gasteiger charge is -2.01. The van der Waals surface area contributed by atoms with Crippen LogP contribution in [0.25, 0.3) is 11.4 Å². The Morgan fingerprint density at radius 1 is 1.44 bits per heavy atom. The van der Waals surface area contributed by atoms with E-state index < -0.39 is 0 Å². The highest BCUT2D eigenvalue weighted by molar-refractivity contribution is 5.57. The number of nitrogens with zero attached hydrogens (tertiary/aromatic N) is 3. The molecule has 2 heterocycles. The molecule has 1 atom stereocenters. The maximum Gasteiger partial charge on any atom is 0.244 e. The topological polar surface area (TPSA) is 74.7 Å². The molecular weight excluding hydrogens is 228 g/mol. The van der Waals surface area contributed by atoms with E-state index >= 15 is 0 Å². The van der Waals surface area contributed by atoms with Gasteiger partial charge < -0.3 is 9.84 Å². The predicted octanol–water partition coefficient (Wildman–Crippen LogP) is 2.03. The number of hydrogen-bond donors (Lipinski definition) is 1. The minimum atomic E-state index is 0.172. The maximum atomic E-state index is 8.86. The van der Waals surface area contributed by atoms with E-state index in [9.17, 15) is 0 Å². The second kappa shape index (κ2) is 4.59. The lowest BCUT2D eigenvalue weighted by molar-refractivity contribution is 0.345. The molecule has 1 fully saturated rings. The van der Waals surface area contributed by atoms with Crippen LogP contribution in [0.4, 0.5) is 0 Å². The molecule has 1 aliphatic heterocycles. The molecule has 1 aromatic heterocycles.